The summed E-state index contributed by atoms with van der Waals surface area (Å²) >= 11 is 0. The fourth-order valence-electron chi connectivity index (χ4n) is 2.62. The Bertz CT molecular complexity index is 546. The molecule has 2 amide bonds. The van der Waals surface area contributed by atoms with Crippen molar-refractivity contribution in [3.05, 3.63) is 35.4 Å². The third-order valence-electron chi connectivity index (χ3n) is 4.08. The lowest BCUT2D eigenvalue weighted by molar-refractivity contribution is -0.127. The Hall–Kier alpha value is -1.88. The van der Waals surface area contributed by atoms with Crippen LogP contribution < -0.4 is 5.32 Å². The van der Waals surface area contributed by atoms with Crippen LogP contribution in [0.15, 0.2) is 24.3 Å². The second-order valence-electron chi connectivity index (χ2n) is 6.75. The van der Waals surface area contributed by atoms with Gasteiger partial charge in [-0.2, -0.15) is 0 Å². The van der Waals surface area contributed by atoms with Crippen LogP contribution in [0, 0.1) is 0 Å². The lowest BCUT2D eigenvalue weighted by Gasteiger charge is -2.17. The van der Waals surface area contributed by atoms with Crippen LogP contribution >= 0.6 is 0 Å². The van der Waals surface area contributed by atoms with Crippen molar-refractivity contribution in [2.75, 3.05) is 19.6 Å². The van der Waals surface area contributed by atoms with Crippen LogP contribution in [0.1, 0.15) is 49.0 Å². The highest BCUT2D eigenvalue weighted by Gasteiger charge is 2.19. The summed E-state index contributed by atoms with van der Waals surface area (Å²) in [4.78, 5) is 25.4. The van der Waals surface area contributed by atoms with Gasteiger partial charge in [-0.3, -0.25) is 9.59 Å². The Morgan fingerprint density at radius 1 is 1.30 bits per heavy atom. The molecule has 0 radical (unpaired) electrons. The summed E-state index contributed by atoms with van der Waals surface area (Å²) in [6, 6.07) is 7.45. The standard InChI is InChI=1S/C18H26N2O3/c1-18(2,23)10-9-14-5-7-15(8-6-14)17(22)19-11-13-20-12-3-4-16(20)21/h5-8,23H,3-4,9-13H2,1-2H3,(H,19,22). The van der Waals surface area contributed by atoms with E-state index in [0.717, 1.165) is 24.9 Å². The monoisotopic (exact) mass is 318 g/mol. The first-order valence-corrected chi connectivity index (χ1v) is 8.22. The topological polar surface area (TPSA) is 69.6 Å². The van der Waals surface area contributed by atoms with Crippen molar-refractivity contribution in [2.24, 2.45) is 0 Å². The summed E-state index contributed by atoms with van der Waals surface area (Å²) in [5.41, 5.74) is 1.04. The maximum Gasteiger partial charge on any atom is 0.251 e. The summed E-state index contributed by atoms with van der Waals surface area (Å²) < 4.78 is 0. The van der Waals surface area contributed by atoms with E-state index in [2.05, 4.69) is 5.32 Å². The van der Waals surface area contributed by atoms with Gasteiger partial charge in [0.1, 0.15) is 0 Å². The molecule has 2 rings (SSSR count). The number of carbonyl (C=O) groups excluding carboxylic acids is 2. The highest BCUT2D eigenvalue weighted by atomic mass is 16.3. The molecule has 0 spiro atoms. The van der Waals surface area contributed by atoms with Gasteiger partial charge in [-0.05, 0) is 50.8 Å². The molecule has 1 aromatic rings. The quantitative estimate of drug-likeness (QED) is 0.804. The van der Waals surface area contributed by atoms with Gasteiger partial charge in [-0.15, -0.1) is 0 Å². The Balaban J connectivity index is 1.77. The van der Waals surface area contributed by atoms with E-state index in [9.17, 15) is 14.7 Å². The summed E-state index contributed by atoms with van der Waals surface area (Å²) in [6.45, 7) is 5.43. The van der Waals surface area contributed by atoms with E-state index in [-0.39, 0.29) is 11.8 Å². The van der Waals surface area contributed by atoms with Crippen LogP contribution in [0.5, 0.6) is 0 Å². The van der Waals surface area contributed by atoms with Crippen molar-refractivity contribution in [2.45, 2.75) is 45.1 Å². The molecule has 1 aromatic carbocycles. The van der Waals surface area contributed by atoms with Crippen molar-refractivity contribution in [1.29, 1.82) is 0 Å². The Morgan fingerprint density at radius 3 is 2.57 bits per heavy atom. The molecule has 5 nitrogen and oxygen atoms in total. The van der Waals surface area contributed by atoms with Crippen LogP contribution in [0.25, 0.3) is 0 Å². The molecule has 1 saturated heterocycles. The zero-order valence-corrected chi connectivity index (χ0v) is 14.0. The molecule has 5 heteroatoms. The van der Waals surface area contributed by atoms with Crippen molar-refractivity contribution in [3.63, 3.8) is 0 Å². The first-order valence-electron chi connectivity index (χ1n) is 8.22. The highest BCUT2D eigenvalue weighted by Crippen LogP contribution is 2.14. The van der Waals surface area contributed by atoms with Gasteiger partial charge in [0.05, 0.1) is 5.60 Å². The van der Waals surface area contributed by atoms with Gasteiger partial charge in [0.2, 0.25) is 5.91 Å². The minimum Gasteiger partial charge on any atom is -0.390 e. The number of amides is 2. The molecule has 1 aliphatic heterocycles. The minimum atomic E-state index is -0.678. The molecule has 0 aliphatic carbocycles. The summed E-state index contributed by atoms with van der Waals surface area (Å²) in [6.07, 6.45) is 3.00. The van der Waals surface area contributed by atoms with Crippen LogP contribution in [-0.2, 0) is 11.2 Å². The number of nitrogens with one attached hydrogen (secondary N) is 1. The number of aryl methyl sites for hydroxylation is 1. The van der Waals surface area contributed by atoms with Crippen molar-refractivity contribution < 1.29 is 14.7 Å². The molecule has 0 saturated carbocycles. The van der Waals surface area contributed by atoms with E-state index in [4.69, 9.17) is 0 Å². The van der Waals surface area contributed by atoms with E-state index in [0.29, 0.717) is 31.5 Å². The zero-order chi connectivity index (χ0) is 16.9. The van der Waals surface area contributed by atoms with Gasteiger partial charge in [0.15, 0.2) is 0 Å². The molecule has 2 N–H and O–H groups in total. The number of hydrogen-bond donors (Lipinski definition) is 2. The predicted octanol–water partition coefficient (Wildman–Crippen LogP) is 1.74. The number of benzene rings is 1. The van der Waals surface area contributed by atoms with Gasteiger partial charge < -0.3 is 15.3 Å². The molecule has 0 aromatic heterocycles. The number of likely N-dealkylation sites (tertiary alicyclic amines) is 1. The second-order valence-corrected chi connectivity index (χ2v) is 6.75. The fraction of sp³-hybridized carbons (Fsp3) is 0.556. The molecular formula is C18H26N2O3. The average Bonchev–Trinajstić information content (AvgIpc) is 2.90. The van der Waals surface area contributed by atoms with E-state index >= 15 is 0 Å². The molecule has 23 heavy (non-hydrogen) atoms. The largest absolute Gasteiger partial charge is 0.390 e. The fourth-order valence-corrected chi connectivity index (χ4v) is 2.62. The van der Waals surface area contributed by atoms with E-state index in [1.54, 1.807) is 30.9 Å². The number of hydrogen-bond acceptors (Lipinski definition) is 3. The minimum absolute atomic E-state index is 0.120. The molecule has 126 valence electrons. The first-order chi connectivity index (χ1) is 10.8. The van der Waals surface area contributed by atoms with Crippen LogP contribution in [0.3, 0.4) is 0 Å². The lowest BCUT2D eigenvalue weighted by atomic mass is 9.98. The molecule has 1 fully saturated rings. The summed E-state index contributed by atoms with van der Waals surface area (Å²) in [7, 11) is 0. The van der Waals surface area contributed by atoms with Crippen LogP contribution in [0.2, 0.25) is 0 Å². The Labute approximate surface area is 137 Å². The van der Waals surface area contributed by atoms with Gasteiger partial charge in [0.25, 0.3) is 5.91 Å². The molecular weight excluding hydrogens is 292 g/mol. The van der Waals surface area contributed by atoms with Gasteiger partial charge >= 0.3 is 0 Å². The SMILES string of the molecule is CC(C)(O)CCc1ccc(C(=O)NCCN2CCCC2=O)cc1. The van der Waals surface area contributed by atoms with E-state index < -0.39 is 5.60 Å². The van der Waals surface area contributed by atoms with Gasteiger partial charge in [-0.25, -0.2) is 0 Å². The molecule has 0 atom stereocenters. The summed E-state index contributed by atoms with van der Waals surface area (Å²) in [5, 5.41) is 12.6. The smallest absolute Gasteiger partial charge is 0.251 e. The third-order valence-corrected chi connectivity index (χ3v) is 4.08. The Morgan fingerprint density at radius 2 is 2.00 bits per heavy atom. The number of nitrogens with zero attached hydrogens (tertiary/aromatic N) is 1. The predicted molar refractivity (Wildman–Crippen MR) is 89.2 cm³/mol. The highest BCUT2D eigenvalue weighted by molar-refractivity contribution is 5.94. The van der Waals surface area contributed by atoms with Crippen molar-refractivity contribution in [1.82, 2.24) is 10.2 Å². The molecule has 0 unspecified atom stereocenters. The average molecular weight is 318 g/mol. The third kappa shape index (κ3) is 5.67. The Kier molecular flexibility index (Phi) is 5.77. The van der Waals surface area contributed by atoms with E-state index in [1.165, 1.54) is 0 Å². The van der Waals surface area contributed by atoms with Gasteiger partial charge in [0, 0.05) is 31.6 Å². The number of aliphatic hydroxyl groups is 1. The van der Waals surface area contributed by atoms with Gasteiger partial charge in [-0.1, -0.05) is 12.1 Å². The number of rotatable bonds is 7. The molecule has 1 heterocycles. The number of carbonyl (C=O) groups is 2. The normalized spacial score (nSPS) is 15.1. The molecule has 0 bridgehead atoms. The zero-order valence-electron chi connectivity index (χ0n) is 14.0. The van der Waals surface area contributed by atoms with Crippen molar-refractivity contribution >= 4 is 11.8 Å². The maximum atomic E-state index is 12.1. The van der Waals surface area contributed by atoms with Crippen LogP contribution in [0.4, 0.5) is 0 Å². The van der Waals surface area contributed by atoms with Crippen LogP contribution in [-0.4, -0.2) is 47.1 Å². The summed E-state index contributed by atoms with van der Waals surface area (Å²) in [5.74, 6) is 0.0566. The lowest BCUT2D eigenvalue weighted by Crippen LogP contribution is -2.35. The second kappa shape index (κ2) is 7.59. The molecule has 1 aliphatic rings. The van der Waals surface area contributed by atoms with E-state index in [1.807, 2.05) is 12.1 Å². The first kappa shape index (κ1) is 17.5. The maximum absolute atomic E-state index is 12.1. The van der Waals surface area contributed by atoms with Crippen molar-refractivity contribution in [3.8, 4) is 0 Å².